The minimum Gasteiger partial charge on any atom is -0.166 e. The molecule has 0 nitrogen and oxygen atoms in total. The molecular formula is C22H25F3. The van der Waals surface area contributed by atoms with Gasteiger partial charge in [-0.1, -0.05) is 37.6 Å². The zero-order valence-electron chi connectivity index (χ0n) is 14.7. The molecule has 4 rings (SSSR count). The van der Waals surface area contributed by atoms with Crippen LogP contribution in [0.25, 0.3) is 10.8 Å². The maximum atomic E-state index is 12.9. The first-order valence-electron chi connectivity index (χ1n) is 9.51. The Bertz CT molecular complexity index is 761. The Morgan fingerprint density at radius 1 is 0.800 bits per heavy atom. The molecule has 4 unspecified atom stereocenters. The lowest BCUT2D eigenvalue weighted by atomic mass is 9.64. The van der Waals surface area contributed by atoms with Crippen molar-refractivity contribution in [3.05, 3.63) is 47.5 Å². The van der Waals surface area contributed by atoms with Gasteiger partial charge in [-0.2, -0.15) is 13.2 Å². The summed E-state index contributed by atoms with van der Waals surface area (Å²) in [4.78, 5) is 0. The maximum absolute atomic E-state index is 12.9. The van der Waals surface area contributed by atoms with Gasteiger partial charge in [-0.3, -0.25) is 0 Å². The Labute approximate surface area is 147 Å². The van der Waals surface area contributed by atoms with E-state index in [0.717, 1.165) is 23.1 Å². The van der Waals surface area contributed by atoms with Gasteiger partial charge >= 0.3 is 6.18 Å². The van der Waals surface area contributed by atoms with E-state index in [1.165, 1.54) is 56.2 Å². The van der Waals surface area contributed by atoms with Gasteiger partial charge in [0.2, 0.25) is 0 Å². The van der Waals surface area contributed by atoms with E-state index in [1.807, 2.05) is 6.07 Å². The second-order valence-corrected chi connectivity index (χ2v) is 8.27. The van der Waals surface area contributed by atoms with Gasteiger partial charge in [0.25, 0.3) is 0 Å². The Morgan fingerprint density at radius 2 is 1.48 bits per heavy atom. The highest BCUT2D eigenvalue weighted by Gasteiger charge is 2.35. The number of halogens is 3. The highest BCUT2D eigenvalue weighted by Crippen LogP contribution is 2.47. The summed E-state index contributed by atoms with van der Waals surface area (Å²) in [7, 11) is 0. The molecule has 2 aliphatic carbocycles. The summed E-state index contributed by atoms with van der Waals surface area (Å²) >= 11 is 0. The van der Waals surface area contributed by atoms with Crippen molar-refractivity contribution in [3.63, 3.8) is 0 Å². The van der Waals surface area contributed by atoms with Crippen LogP contribution < -0.4 is 0 Å². The van der Waals surface area contributed by atoms with Crippen LogP contribution in [-0.2, 0) is 6.18 Å². The van der Waals surface area contributed by atoms with Crippen molar-refractivity contribution >= 4 is 10.8 Å². The molecule has 0 bridgehead atoms. The minimum atomic E-state index is -4.27. The molecule has 0 radical (unpaired) electrons. The normalized spacial score (nSPS) is 30.2. The van der Waals surface area contributed by atoms with E-state index in [1.54, 1.807) is 6.07 Å². The predicted octanol–water partition coefficient (Wildman–Crippen LogP) is 7.18. The van der Waals surface area contributed by atoms with Crippen LogP contribution in [0.15, 0.2) is 36.4 Å². The largest absolute Gasteiger partial charge is 0.416 e. The molecule has 2 saturated carbocycles. The van der Waals surface area contributed by atoms with Gasteiger partial charge in [0.05, 0.1) is 5.56 Å². The SMILES string of the molecule is CC1CCC2CC(c3ccc4cc(C(F)(F)F)ccc4c3)CCC2C1. The van der Waals surface area contributed by atoms with Gasteiger partial charge in [0.1, 0.15) is 0 Å². The Morgan fingerprint density at radius 3 is 2.28 bits per heavy atom. The molecular weight excluding hydrogens is 321 g/mol. The smallest absolute Gasteiger partial charge is 0.166 e. The second kappa shape index (κ2) is 6.34. The Balaban J connectivity index is 1.56. The first-order chi connectivity index (χ1) is 11.9. The van der Waals surface area contributed by atoms with E-state index in [4.69, 9.17) is 0 Å². The minimum absolute atomic E-state index is 0.565. The monoisotopic (exact) mass is 346 g/mol. The number of benzene rings is 2. The molecule has 0 aromatic heterocycles. The molecule has 0 N–H and O–H groups in total. The lowest BCUT2D eigenvalue weighted by Gasteiger charge is -2.41. The number of hydrogen-bond acceptors (Lipinski definition) is 0. The summed E-state index contributed by atoms with van der Waals surface area (Å²) in [5.74, 6) is 3.19. The van der Waals surface area contributed by atoms with Crippen molar-refractivity contribution in [2.24, 2.45) is 17.8 Å². The quantitative estimate of drug-likeness (QED) is 0.513. The van der Waals surface area contributed by atoms with Crippen molar-refractivity contribution in [3.8, 4) is 0 Å². The van der Waals surface area contributed by atoms with Crippen LogP contribution >= 0.6 is 0 Å². The standard InChI is InChI=1S/C22H25F3/c1-14-2-3-16-11-17(5-4-15(16)10-14)18-6-7-20-13-21(22(23,24)25)9-8-19(20)12-18/h6-9,12-17H,2-5,10-11H2,1H3. The topological polar surface area (TPSA) is 0 Å². The number of fused-ring (bicyclic) bond motifs is 2. The van der Waals surface area contributed by atoms with Crippen LogP contribution in [0.4, 0.5) is 13.2 Å². The van der Waals surface area contributed by atoms with E-state index in [2.05, 4.69) is 19.1 Å². The first-order valence-corrected chi connectivity index (χ1v) is 9.51. The third-order valence-corrected chi connectivity index (χ3v) is 6.54. The van der Waals surface area contributed by atoms with Gasteiger partial charge in [-0.25, -0.2) is 0 Å². The van der Waals surface area contributed by atoms with Gasteiger partial charge < -0.3 is 0 Å². The molecule has 0 spiro atoms. The fourth-order valence-electron chi connectivity index (χ4n) is 5.12. The van der Waals surface area contributed by atoms with Crippen LogP contribution in [0.3, 0.4) is 0 Å². The Hall–Kier alpha value is -1.51. The van der Waals surface area contributed by atoms with Gasteiger partial charge in [-0.15, -0.1) is 0 Å². The van der Waals surface area contributed by atoms with E-state index in [-0.39, 0.29) is 0 Å². The molecule has 2 aromatic rings. The lowest BCUT2D eigenvalue weighted by molar-refractivity contribution is -0.137. The van der Waals surface area contributed by atoms with Gasteiger partial charge in [-0.05, 0) is 84.2 Å². The van der Waals surface area contributed by atoms with Crippen LogP contribution in [-0.4, -0.2) is 0 Å². The van der Waals surface area contributed by atoms with Crippen LogP contribution in [0.2, 0.25) is 0 Å². The molecule has 2 aromatic carbocycles. The number of alkyl halides is 3. The van der Waals surface area contributed by atoms with Gasteiger partial charge in [0, 0.05) is 0 Å². The molecule has 0 heterocycles. The summed E-state index contributed by atoms with van der Waals surface area (Å²) in [5, 5.41) is 1.60. The molecule has 2 aliphatic rings. The van der Waals surface area contributed by atoms with E-state index in [0.29, 0.717) is 11.3 Å². The summed E-state index contributed by atoms with van der Waals surface area (Å²) in [6.45, 7) is 2.38. The fourth-order valence-corrected chi connectivity index (χ4v) is 5.12. The number of rotatable bonds is 1. The average molecular weight is 346 g/mol. The Kier molecular flexibility index (Phi) is 4.29. The summed E-state index contributed by atoms with van der Waals surface area (Å²) in [6, 6.07) is 10.1. The van der Waals surface area contributed by atoms with E-state index >= 15 is 0 Å². The number of hydrogen-bond donors (Lipinski definition) is 0. The molecule has 134 valence electrons. The molecule has 3 heteroatoms. The highest BCUT2D eigenvalue weighted by atomic mass is 19.4. The molecule has 25 heavy (non-hydrogen) atoms. The lowest BCUT2D eigenvalue weighted by Crippen LogP contribution is -2.29. The summed E-state index contributed by atoms with van der Waals surface area (Å²) < 4.78 is 38.6. The molecule has 4 atom stereocenters. The predicted molar refractivity (Wildman–Crippen MR) is 95.5 cm³/mol. The summed E-state index contributed by atoms with van der Waals surface area (Å²) in [5.41, 5.74) is 0.744. The molecule has 2 fully saturated rings. The second-order valence-electron chi connectivity index (χ2n) is 8.27. The third-order valence-electron chi connectivity index (χ3n) is 6.54. The highest BCUT2D eigenvalue weighted by molar-refractivity contribution is 5.84. The van der Waals surface area contributed by atoms with Crippen LogP contribution in [0.1, 0.15) is 62.5 Å². The molecule has 0 aliphatic heterocycles. The van der Waals surface area contributed by atoms with E-state index < -0.39 is 11.7 Å². The maximum Gasteiger partial charge on any atom is 0.416 e. The van der Waals surface area contributed by atoms with Crippen molar-refractivity contribution in [1.29, 1.82) is 0 Å². The fraction of sp³-hybridized carbons (Fsp3) is 0.545. The van der Waals surface area contributed by atoms with Crippen molar-refractivity contribution < 1.29 is 13.2 Å². The third kappa shape index (κ3) is 3.43. The van der Waals surface area contributed by atoms with Crippen LogP contribution in [0.5, 0.6) is 0 Å². The zero-order chi connectivity index (χ0) is 17.6. The summed E-state index contributed by atoms with van der Waals surface area (Å²) in [6.07, 6.45) is 3.60. The average Bonchev–Trinajstić information content (AvgIpc) is 2.59. The van der Waals surface area contributed by atoms with Crippen molar-refractivity contribution in [2.45, 2.75) is 57.5 Å². The van der Waals surface area contributed by atoms with E-state index in [9.17, 15) is 13.2 Å². The molecule has 0 amide bonds. The van der Waals surface area contributed by atoms with Gasteiger partial charge in [0.15, 0.2) is 0 Å². The van der Waals surface area contributed by atoms with Crippen molar-refractivity contribution in [1.82, 2.24) is 0 Å². The zero-order valence-corrected chi connectivity index (χ0v) is 14.7. The van der Waals surface area contributed by atoms with Crippen LogP contribution in [0, 0.1) is 17.8 Å². The molecule has 0 saturated heterocycles. The van der Waals surface area contributed by atoms with Crippen molar-refractivity contribution in [2.75, 3.05) is 0 Å². The first kappa shape index (κ1) is 16.9.